The van der Waals surface area contributed by atoms with Gasteiger partial charge in [-0.2, -0.15) is 5.10 Å². The van der Waals surface area contributed by atoms with Gasteiger partial charge < -0.3 is 4.74 Å². The lowest BCUT2D eigenvalue weighted by Gasteiger charge is -2.09. The first kappa shape index (κ1) is 11.9. The number of halogens is 2. The largest absolute Gasteiger partial charge is 0.484 e. The van der Waals surface area contributed by atoms with Crippen molar-refractivity contribution in [2.45, 2.75) is 12.5 Å². The van der Waals surface area contributed by atoms with E-state index in [0.717, 1.165) is 5.69 Å². The molecule has 0 fully saturated rings. The van der Waals surface area contributed by atoms with Crippen LogP contribution in [0.25, 0.3) is 0 Å². The van der Waals surface area contributed by atoms with E-state index in [2.05, 4.69) is 5.10 Å². The van der Waals surface area contributed by atoms with Crippen molar-refractivity contribution < 1.29 is 9.13 Å². The Morgan fingerprint density at radius 2 is 2.24 bits per heavy atom. The summed E-state index contributed by atoms with van der Waals surface area (Å²) in [5.41, 5.74) is 1.39. The molecular weight excluding hydrogens is 243 g/mol. The van der Waals surface area contributed by atoms with Crippen molar-refractivity contribution in [2.24, 2.45) is 7.05 Å². The lowest BCUT2D eigenvalue weighted by Crippen LogP contribution is -2.01. The predicted octanol–water partition coefficient (Wildman–Crippen LogP) is 2.88. The van der Waals surface area contributed by atoms with Crippen LogP contribution in [0.2, 0.25) is 0 Å². The second kappa shape index (κ2) is 5.19. The first-order valence-corrected chi connectivity index (χ1v) is 5.69. The van der Waals surface area contributed by atoms with Crippen LogP contribution in [0.15, 0.2) is 30.5 Å². The van der Waals surface area contributed by atoms with Crippen LogP contribution >= 0.6 is 11.6 Å². The Labute approximate surface area is 104 Å². The molecule has 0 unspecified atom stereocenters. The van der Waals surface area contributed by atoms with E-state index in [1.807, 2.05) is 19.3 Å². The van der Waals surface area contributed by atoms with Crippen LogP contribution in [-0.2, 0) is 19.5 Å². The van der Waals surface area contributed by atoms with Crippen LogP contribution in [0.4, 0.5) is 4.39 Å². The molecule has 1 heterocycles. The summed E-state index contributed by atoms with van der Waals surface area (Å²) in [7, 11) is 1.82. The number of nitrogens with zero attached hydrogens (tertiary/aromatic N) is 2. The number of rotatable bonds is 4. The number of aromatic nitrogens is 2. The molecule has 90 valence electrons. The van der Waals surface area contributed by atoms with Gasteiger partial charge in [0.15, 0.2) is 11.6 Å². The molecule has 0 N–H and O–H groups in total. The molecule has 0 saturated heterocycles. The van der Waals surface area contributed by atoms with E-state index in [-0.39, 0.29) is 18.2 Å². The normalized spacial score (nSPS) is 10.5. The van der Waals surface area contributed by atoms with E-state index < -0.39 is 5.82 Å². The highest BCUT2D eigenvalue weighted by atomic mass is 35.5. The molecule has 0 saturated carbocycles. The summed E-state index contributed by atoms with van der Waals surface area (Å²) in [6, 6.07) is 6.52. The van der Waals surface area contributed by atoms with E-state index >= 15 is 0 Å². The van der Waals surface area contributed by atoms with E-state index in [4.69, 9.17) is 16.3 Å². The first-order chi connectivity index (χ1) is 8.20. The molecule has 2 aromatic rings. The van der Waals surface area contributed by atoms with Gasteiger partial charge in [0.05, 0.1) is 11.6 Å². The molecule has 1 aromatic carbocycles. The summed E-state index contributed by atoms with van der Waals surface area (Å²) in [6.07, 6.45) is 1.81. The Hall–Kier alpha value is -1.55. The van der Waals surface area contributed by atoms with Crippen LogP contribution in [0.1, 0.15) is 11.3 Å². The standard InChI is InChI=1S/C12H12ClFN2O/c1-16-6-5-10(15-16)8-17-12-9(7-13)3-2-4-11(12)14/h2-6H,7-8H2,1H3. The van der Waals surface area contributed by atoms with Crippen molar-refractivity contribution >= 4 is 11.6 Å². The molecule has 0 aliphatic heterocycles. The van der Waals surface area contributed by atoms with Crippen molar-refractivity contribution in [1.29, 1.82) is 0 Å². The van der Waals surface area contributed by atoms with Crippen LogP contribution in [-0.4, -0.2) is 9.78 Å². The summed E-state index contributed by atoms with van der Waals surface area (Å²) < 4.78 is 20.6. The molecule has 0 spiro atoms. The molecule has 2 rings (SSSR count). The molecule has 5 heteroatoms. The Kier molecular flexibility index (Phi) is 3.64. The number of ether oxygens (including phenoxy) is 1. The third kappa shape index (κ3) is 2.77. The van der Waals surface area contributed by atoms with Crippen molar-refractivity contribution in [3.8, 4) is 5.75 Å². The summed E-state index contributed by atoms with van der Waals surface area (Å²) in [4.78, 5) is 0. The molecule has 3 nitrogen and oxygen atoms in total. The Morgan fingerprint density at radius 1 is 1.41 bits per heavy atom. The second-order valence-electron chi connectivity index (χ2n) is 3.63. The topological polar surface area (TPSA) is 27.1 Å². The maximum absolute atomic E-state index is 13.5. The minimum atomic E-state index is -0.404. The highest BCUT2D eigenvalue weighted by Gasteiger charge is 2.09. The number of hydrogen-bond donors (Lipinski definition) is 0. The SMILES string of the molecule is Cn1ccc(COc2c(F)cccc2CCl)n1. The zero-order valence-electron chi connectivity index (χ0n) is 9.36. The monoisotopic (exact) mass is 254 g/mol. The molecule has 0 amide bonds. The van der Waals surface area contributed by atoms with Gasteiger partial charge in [0.1, 0.15) is 6.61 Å². The molecule has 0 aliphatic rings. The average molecular weight is 255 g/mol. The smallest absolute Gasteiger partial charge is 0.165 e. The van der Waals surface area contributed by atoms with Gasteiger partial charge >= 0.3 is 0 Å². The van der Waals surface area contributed by atoms with Crippen molar-refractivity contribution in [3.05, 3.63) is 47.5 Å². The number of aryl methyl sites for hydroxylation is 1. The van der Waals surface area contributed by atoms with Gasteiger partial charge in [-0.05, 0) is 12.1 Å². The minimum absolute atomic E-state index is 0.202. The van der Waals surface area contributed by atoms with Crippen molar-refractivity contribution in [3.63, 3.8) is 0 Å². The molecular formula is C12H12ClFN2O. The number of hydrogen-bond acceptors (Lipinski definition) is 2. The molecule has 17 heavy (non-hydrogen) atoms. The number of benzene rings is 1. The van der Waals surface area contributed by atoms with E-state index in [1.165, 1.54) is 6.07 Å². The molecule has 0 radical (unpaired) electrons. The summed E-state index contributed by atoms with van der Waals surface area (Å²) in [5.74, 6) is 0.0159. The minimum Gasteiger partial charge on any atom is -0.484 e. The van der Waals surface area contributed by atoms with Crippen LogP contribution < -0.4 is 4.74 Å². The maximum atomic E-state index is 13.5. The second-order valence-corrected chi connectivity index (χ2v) is 3.90. The summed E-state index contributed by atoms with van der Waals surface area (Å²) in [5, 5.41) is 4.15. The molecule has 0 atom stereocenters. The predicted molar refractivity (Wildman–Crippen MR) is 63.5 cm³/mol. The van der Waals surface area contributed by atoms with Gasteiger partial charge in [-0.25, -0.2) is 4.39 Å². The highest BCUT2D eigenvalue weighted by molar-refractivity contribution is 6.17. The summed E-state index contributed by atoms with van der Waals surface area (Å²) >= 11 is 5.72. The fourth-order valence-corrected chi connectivity index (χ4v) is 1.72. The number of alkyl halides is 1. The Bertz CT molecular complexity index is 513. The van der Waals surface area contributed by atoms with Crippen LogP contribution in [0.5, 0.6) is 5.75 Å². The Morgan fingerprint density at radius 3 is 2.88 bits per heavy atom. The zero-order chi connectivity index (χ0) is 12.3. The first-order valence-electron chi connectivity index (χ1n) is 5.15. The van der Waals surface area contributed by atoms with Crippen LogP contribution in [0, 0.1) is 5.82 Å². The fraction of sp³-hybridized carbons (Fsp3) is 0.250. The molecule has 0 aliphatic carbocycles. The van der Waals surface area contributed by atoms with E-state index in [9.17, 15) is 4.39 Å². The van der Waals surface area contributed by atoms with Crippen LogP contribution in [0.3, 0.4) is 0 Å². The van der Waals surface area contributed by atoms with E-state index in [0.29, 0.717) is 5.56 Å². The lowest BCUT2D eigenvalue weighted by molar-refractivity contribution is 0.282. The van der Waals surface area contributed by atoms with Gasteiger partial charge in [-0.15, -0.1) is 11.6 Å². The lowest BCUT2D eigenvalue weighted by atomic mass is 10.2. The molecule has 1 aromatic heterocycles. The average Bonchev–Trinajstić information content (AvgIpc) is 2.73. The third-order valence-electron chi connectivity index (χ3n) is 2.33. The fourth-order valence-electron chi connectivity index (χ4n) is 1.51. The Balaban J connectivity index is 2.13. The quantitative estimate of drug-likeness (QED) is 0.785. The van der Waals surface area contributed by atoms with E-state index in [1.54, 1.807) is 16.8 Å². The summed E-state index contributed by atoms with van der Waals surface area (Å²) in [6.45, 7) is 0.228. The molecule has 0 bridgehead atoms. The number of para-hydroxylation sites is 1. The maximum Gasteiger partial charge on any atom is 0.165 e. The zero-order valence-corrected chi connectivity index (χ0v) is 10.1. The van der Waals surface area contributed by atoms with Crippen molar-refractivity contribution in [1.82, 2.24) is 9.78 Å². The third-order valence-corrected chi connectivity index (χ3v) is 2.61. The van der Waals surface area contributed by atoms with Gasteiger partial charge in [-0.3, -0.25) is 4.68 Å². The van der Waals surface area contributed by atoms with Gasteiger partial charge in [0, 0.05) is 18.8 Å². The van der Waals surface area contributed by atoms with Gasteiger partial charge in [0.25, 0.3) is 0 Å². The highest BCUT2D eigenvalue weighted by Crippen LogP contribution is 2.24. The van der Waals surface area contributed by atoms with Gasteiger partial charge in [0.2, 0.25) is 0 Å². The van der Waals surface area contributed by atoms with Crippen molar-refractivity contribution in [2.75, 3.05) is 0 Å². The van der Waals surface area contributed by atoms with Gasteiger partial charge in [-0.1, -0.05) is 12.1 Å².